The van der Waals surface area contributed by atoms with Crippen LogP contribution in [0.15, 0.2) is 39.5 Å². The van der Waals surface area contributed by atoms with E-state index in [1.165, 1.54) is 5.56 Å². The number of carbonyl (C=O) groups excluding carboxylic acids is 1. The number of halogens is 1. The number of benzene rings is 1. The average Bonchev–Trinajstić information content (AvgIpc) is 2.65. The molecule has 0 saturated heterocycles. The summed E-state index contributed by atoms with van der Waals surface area (Å²) >= 11 is 5.13. The van der Waals surface area contributed by atoms with Crippen LogP contribution in [0, 0.1) is 0 Å². The summed E-state index contributed by atoms with van der Waals surface area (Å²) in [5.74, 6) is 0. The molecule has 0 aliphatic carbocycles. The van der Waals surface area contributed by atoms with E-state index in [1.807, 2.05) is 29.6 Å². The quantitative estimate of drug-likeness (QED) is 0.752. The molecule has 0 N–H and O–H groups in total. The van der Waals surface area contributed by atoms with Crippen molar-refractivity contribution in [3.63, 3.8) is 0 Å². The van der Waals surface area contributed by atoms with Gasteiger partial charge in [-0.3, -0.25) is 4.79 Å². The van der Waals surface area contributed by atoms with E-state index in [1.54, 1.807) is 11.3 Å². The molecule has 1 nitrogen and oxygen atoms in total. The Kier molecular flexibility index (Phi) is 2.79. The maximum absolute atomic E-state index is 10.5. The Morgan fingerprint density at radius 2 is 1.86 bits per heavy atom. The lowest BCUT2D eigenvalue weighted by atomic mass is 10.1. The Morgan fingerprint density at radius 3 is 2.36 bits per heavy atom. The van der Waals surface area contributed by atoms with Gasteiger partial charge < -0.3 is 0 Å². The molecule has 1 aromatic carbocycles. The van der Waals surface area contributed by atoms with Gasteiger partial charge in [-0.25, -0.2) is 0 Å². The molecular weight excluding hydrogens is 260 g/mol. The monoisotopic (exact) mass is 266 g/mol. The Bertz CT molecular complexity index is 445. The highest BCUT2D eigenvalue weighted by molar-refractivity contribution is 9.10. The zero-order valence-electron chi connectivity index (χ0n) is 7.24. The molecule has 0 fully saturated rings. The van der Waals surface area contributed by atoms with E-state index < -0.39 is 0 Å². The van der Waals surface area contributed by atoms with Crippen molar-refractivity contribution in [3.05, 3.63) is 45.1 Å². The standard InChI is InChI=1S/C11H7BrOS/c12-11-7-14-6-10(11)9-3-1-8(5-13)2-4-9/h1-7H. The number of carbonyl (C=O) groups is 1. The molecule has 0 saturated carbocycles. The molecule has 0 unspecified atom stereocenters. The highest BCUT2D eigenvalue weighted by Crippen LogP contribution is 2.31. The fourth-order valence-corrected chi connectivity index (χ4v) is 2.76. The zero-order valence-corrected chi connectivity index (χ0v) is 9.64. The van der Waals surface area contributed by atoms with Crippen molar-refractivity contribution < 1.29 is 4.79 Å². The van der Waals surface area contributed by atoms with E-state index in [0.717, 1.165) is 16.3 Å². The number of hydrogen-bond donors (Lipinski definition) is 0. The minimum absolute atomic E-state index is 0.708. The van der Waals surface area contributed by atoms with Crippen molar-refractivity contribution in [3.8, 4) is 11.1 Å². The van der Waals surface area contributed by atoms with E-state index >= 15 is 0 Å². The minimum atomic E-state index is 0.708. The van der Waals surface area contributed by atoms with Gasteiger partial charge >= 0.3 is 0 Å². The van der Waals surface area contributed by atoms with Crippen LogP contribution in [0.2, 0.25) is 0 Å². The van der Waals surface area contributed by atoms with Crippen LogP contribution in [0.5, 0.6) is 0 Å². The molecule has 0 spiro atoms. The summed E-state index contributed by atoms with van der Waals surface area (Å²) in [7, 11) is 0. The fourth-order valence-electron chi connectivity index (χ4n) is 1.23. The number of aldehydes is 1. The van der Waals surface area contributed by atoms with Crippen molar-refractivity contribution in [1.29, 1.82) is 0 Å². The first-order chi connectivity index (χ1) is 6.81. The van der Waals surface area contributed by atoms with Crippen molar-refractivity contribution >= 4 is 33.6 Å². The van der Waals surface area contributed by atoms with Crippen molar-refractivity contribution in [2.75, 3.05) is 0 Å². The molecule has 0 bridgehead atoms. The van der Waals surface area contributed by atoms with Gasteiger partial charge in [0.05, 0.1) is 0 Å². The third-order valence-electron chi connectivity index (χ3n) is 1.97. The van der Waals surface area contributed by atoms with Crippen molar-refractivity contribution in [1.82, 2.24) is 0 Å². The number of hydrogen-bond acceptors (Lipinski definition) is 2. The third kappa shape index (κ3) is 1.79. The smallest absolute Gasteiger partial charge is 0.150 e. The lowest BCUT2D eigenvalue weighted by Crippen LogP contribution is -1.79. The van der Waals surface area contributed by atoms with Crippen molar-refractivity contribution in [2.24, 2.45) is 0 Å². The van der Waals surface area contributed by atoms with Crippen LogP contribution in [0.25, 0.3) is 11.1 Å². The second-order valence-electron chi connectivity index (χ2n) is 2.87. The molecule has 0 aliphatic heterocycles. The summed E-state index contributed by atoms with van der Waals surface area (Å²) in [6.45, 7) is 0. The Morgan fingerprint density at radius 1 is 1.14 bits per heavy atom. The Labute approximate surface area is 94.5 Å². The lowest BCUT2D eigenvalue weighted by molar-refractivity contribution is 0.112. The lowest BCUT2D eigenvalue weighted by Gasteiger charge is -1.98. The fraction of sp³-hybridized carbons (Fsp3) is 0. The van der Waals surface area contributed by atoms with Gasteiger partial charge in [-0.1, -0.05) is 24.3 Å². The maximum Gasteiger partial charge on any atom is 0.150 e. The van der Waals surface area contributed by atoms with Gasteiger partial charge in [-0.05, 0) is 26.9 Å². The molecule has 0 atom stereocenters. The Hall–Kier alpha value is -0.930. The molecule has 14 heavy (non-hydrogen) atoms. The molecule has 1 heterocycles. The summed E-state index contributed by atoms with van der Waals surface area (Å²) in [4.78, 5) is 10.5. The van der Waals surface area contributed by atoms with Gasteiger partial charge in [-0.15, -0.1) is 0 Å². The molecule has 70 valence electrons. The summed E-state index contributed by atoms with van der Waals surface area (Å²) < 4.78 is 1.10. The molecular formula is C11H7BrOS. The predicted octanol–water partition coefficient (Wildman–Crippen LogP) is 3.99. The van der Waals surface area contributed by atoms with Crippen LogP contribution in [0.3, 0.4) is 0 Å². The molecule has 1 aromatic heterocycles. The van der Waals surface area contributed by atoms with E-state index in [-0.39, 0.29) is 0 Å². The summed E-state index contributed by atoms with van der Waals surface area (Å²) in [6.07, 6.45) is 0.854. The van der Waals surface area contributed by atoms with Gasteiger partial charge in [0.1, 0.15) is 6.29 Å². The van der Waals surface area contributed by atoms with Gasteiger partial charge in [0.25, 0.3) is 0 Å². The maximum atomic E-state index is 10.5. The second-order valence-corrected chi connectivity index (χ2v) is 4.47. The van der Waals surface area contributed by atoms with E-state index in [2.05, 4.69) is 21.3 Å². The van der Waals surface area contributed by atoms with Gasteiger partial charge in [-0.2, -0.15) is 11.3 Å². The first-order valence-electron chi connectivity index (χ1n) is 4.08. The van der Waals surface area contributed by atoms with Crippen LogP contribution in [-0.4, -0.2) is 6.29 Å². The molecule has 2 aromatic rings. The number of thiophene rings is 1. The summed E-state index contributed by atoms with van der Waals surface area (Å²) in [5.41, 5.74) is 3.01. The van der Waals surface area contributed by atoms with Crippen LogP contribution in [0.4, 0.5) is 0 Å². The largest absolute Gasteiger partial charge is 0.298 e. The number of rotatable bonds is 2. The third-order valence-corrected chi connectivity index (χ3v) is 3.68. The van der Waals surface area contributed by atoms with E-state index in [0.29, 0.717) is 5.56 Å². The van der Waals surface area contributed by atoms with Crippen molar-refractivity contribution in [2.45, 2.75) is 0 Å². The van der Waals surface area contributed by atoms with Gasteiger partial charge in [0.2, 0.25) is 0 Å². The predicted molar refractivity (Wildman–Crippen MR) is 62.8 cm³/mol. The molecule has 0 aliphatic rings. The molecule has 3 heteroatoms. The van der Waals surface area contributed by atoms with Crippen LogP contribution >= 0.6 is 27.3 Å². The molecule has 2 rings (SSSR count). The normalized spacial score (nSPS) is 10.1. The van der Waals surface area contributed by atoms with E-state index in [9.17, 15) is 4.79 Å². The summed E-state index contributed by atoms with van der Waals surface area (Å²) in [5, 5.41) is 4.13. The highest BCUT2D eigenvalue weighted by Gasteiger charge is 2.03. The van der Waals surface area contributed by atoms with Crippen LogP contribution < -0.4 is 0 Å². The van der Waals surface area contributed by atoms with Crippen LogP contribution in [0.1, 0.15) is 10.4 Å². The summed E-state index contributed by atoms with van der Waals surface area (Å²) in [6, 6.07) is 7.56. The second kappa shape index (κ2) is 4.07. The molecule has 0 radical (unpaired) electrons. The SMILES string of the molecule is O=Cc1ccc(-c2cscc2Br)cc1. The van der Waals surface area contributed by atoms with E-state index in [4.69, 9.17) is 0 Å². The highest BCUT2D eigenvalue weighted by atomic mass is 79.9. The first kappa shape index (κ1) is 9.62. The average molecular weight is 267 g/mol. The van der Waals surface area contributed by atoms with Crippen LogP contribution in [-0.2, 0) is 0 Å². The first-order valence-corrected chi connectivity index (χ1v) is 5.82. The van der Waals surface area contributed by atoms with Gasteiger partial charge in [0.15, 0.2) is 0 Å². The minimum Gasteiger partial charge on any atom is -0.298 e. The van der Waals surface area contributed by atoms with Gasteiger partial charge in [0, 0.05) is 21.0 Å². The topological polar surface area (TPSA) is 17.1 Å². The Balaban J connectivity index is 2.43. The zero-order chi connectivity index (χ0) is 9.97. The molecule has 0 amide bonds.